The van der Waals surface area contributed by atoms with Crippen LogP contribution in [0.2, 0.25) is 5.02 Å². The lowest BCUT2D eigenvalue weighted by Crippen LogP contribution is -2.25. The molecule has 0 bridgehead atoms. The van der Waals surface area contributed by atoms with E-state index in [1.165, 1.54) is 6.26 Å². The Balaban J connectivity index is 2.73. The molecule has 1 atom stereocenters. The summed E-state index contributed by atoms with van der Waals surface area (Å²) in [6, 6.07) is 5.25. The first kappa shape index (κ1) is 13.8. The van der Waals surface area contributed by atoms with Gasteiger partial charge in [-0.05, 0) is 25.1 Å². The van der Waals surface area contributed by atoms with E-state index in [9.17, 15) is 8.42 Å². The zero-order valence-electron chi connectivity index (χ0n) is 9.00. The minimum atomic E-state index is -2.98. The second-order valence-electron chi connectivity index (χ2n) is 3.76. The number of hydrogen-bond acceptors (Lipinski definition) is 3. The van der Waals surface area contributed by atoms with Crippen LogP contribution >= 0.6 is 27.5 Å². The summed E-state index contributed by atoms with van der Waals surface area (Å²) in [6.07, 6.45) is 1.22. The van der Waals surface area contributed by atoms with E-state index in [0.717, 1.165) is 10.2 Å². The summed E-state index contributed by atoms with van der Waals surface area (Å²) >= 11 is 9.31. The number of benzene rings is 1. The molecule has 90 valence electrons. The summed E-state index contributed by atoms with van der Waals surface area (Å²) in [5.74, 6) is 0.0827. The number of anilines is 1. The Kier molecular flexibility index (Phi) is 4.64. The Morgan fingerprint density at radius 2 is 2.12 bits per heavy atom. The molecule has 1 N–H and O–H groups in total. The van der Waals surface area contributed by atoms with Crippen LogP contribution in [0.3, 0.4) is 0 Å². The highest BCUT2D eigenvalue weighted by Gasteiger charge is 2.11. The van der Waals surface area contributed by atoms with Crippen molar-refractivity contribution in [3.05, 3.63) is 27.7 Å². The summed E-state index contributed by atoms with van der Waals surface area (Å²) in [7, 11) is -2.98. The van der Waals surface area contributed by atoms with Gasteiger partial charge in [0.2, 0.25) is 0 Å². The van der Waals surface area contributed by atoms with Gasteiger partial charge in [0.15, 0.2) is 0 Å². The Morgan fingerprint density at radius 1 is 1.50 bits per heavy atom. The fourth-order valence-electron chi connectivity index (χ4n) is 1.37. The molecule has 3 nitrogen and oxygen atoms in total. The zero-order valence-corrected chi connectivity index (χ0v) is 12.2. The van der Waals surface area contributed by atoms with Crippen LogP contribution in [0.5, 0.6) is 0 Å². The van der Waals surface area contributed by atoms with Gasteiger partial charge in [-0.3, -0.25) is 0 Å². The van der Waals surface area contributed by atoms with Gasteiger partial charge in [0, 0.05) is 16.8 Å². The molecule has 1 aromatic rings. The quantitative estimate of drug-likeness (QED) is 0.925. The third kappa shape index (κ3) is 4.72. The largest absolute Gasteiger partial charge is 0.380 e. The molecule has 0 aromatic heterocycles. The molecule has 0 saturated heterocycles. The molecule has 1 rings (SSSR count). The average Bonchev–Trinajstić information content (AvgIpc) is 2.06. The highest BCUT2D eigenvalue weighted by molar-refractivity contribution is 9.10. The van der Waals surface area contributed by atoms with E-state index in [1.54, 1.807) is 13.0 Å². The van der Waals surface area contributed by atoms with Crippen LogP contribution in [0, 0.1) is 0 Å². The van der Waals surface area contributed by atoms with Crippen LogP contribution in [0.25, 0.3) is 0 Å². The molecule has 0 aliphatic heterocycles. The van der Waals surface area contributed by atoms with E-state index in [-0.39, 0.29) is 11.8 Å². The molecule has 0 aliphatic carbocycles. The van der Waals surface area contributed by atoms with Crippen molar-refractivity contribution in [2.24, 2.45) is 0 Å². The standard InChI is InChI=1S/C10H13BrClNO2S/c1-7(6-16(2,14)15)13-10-4-3-8(11)5-9(10)12/h3-5,7,13H,6H2,1-2H3. The van der Waals surface area contributed by atoms with Crippen molar-refractivity contribution >= 4 is 43.1 Å². The van der Waals surface area contributed by atoms with Gasteiger partial charge in [-0.15, -0.1) is 0 Å². The number of rotatable bonds is 4. The normalized spacial score (nSPS) is 13.5. The average molecular weight is 327 g/mol. The minimum Gasteiger partial charge on any atom is -0.380 e. The third-order valence-corrected chi connectivity index (χ3v) is 3.80. The van der Waals surface area contributed by atoms with Crippen molar-refractivity contribution in [1.82, 2.24) is 0 Å². The number of sulfone groups is 1. The van der Waals surface area contributed by atoms with Crippen molar-refractivity contribution < 1.29 is 8.42 Å². The highest BCUT2D eigenvalue weighted by atomic mass is 79.9. The van der Waals surface area contributed by atoms with Crippen molar-refractivity contribution in [3.63, 3.8) is 0 Å². The second kappa shape index (κ2) is 5.38. The minimum absolute atomic E-state index is 0.0827. The van der Waals surface area contributed by atoms with Crippen molar-refractivity contribution in [3.8, 4) is 0 Å². The first-order chi connectivity index (χ1) is 7.28. The van der Waals surface area contributed by atoms with Crippen LogP contribution < -0.4 is 5.32 Å². The lowest BCUT2D eigenvalue weighted by molar-refractivity contribution is 0.598. The van der Waals surface area contributed by atoms with Crippen LogP contribution in [0.4, 0.5) is 5.69 Å². The van der Waals surface area contributed by atoms with Crippen LogP contribution in [-0.2, 0) is 9.84 Å². The van der Waals surface area contributed by atoms with E-state index in [1.807, 2.05) is 12.1 Å². The summed E-state index contributed by atoms with van der Waals surface area (Å²) in [6.45, 7) is 1.80. The van der Waals surface area contributed by atoms with Crippen LogP contribution in [-0.4, -0.2) is 26.5 Å². The maximum Gasteiger partial charge on any atom is 0.149 e. The van der Waals surface area contributed by atoms with Gasteiger partial charge >= 0.3 is 0 Å². The molecule has 6 heteroatoms. The molecule has 0 radical (unpaired) electrons. The van der Waals surface area contributed by atoms with Crippen LogP contribution in [0.15, 0.2) is 22.7 Å². The van der Waals surface area contributed by atoms with Crippen molar-refractivity contribution in [2.45, 2.75) is 13.0 Å². The maximum absolute atomic E-state index is 11.1. The molecule has 0 amide bonds. The molecular formula is C10H13BrClNO2S. The van der Waals surface area contributed by atoms with Gasteiger partial charge in [-0.2, -0.15) is 0 Å². The van der Waals surface area contributed by atoms with Gasteiger partial charge in [-0.1, -0.05) is 27.5 Å². The molecule has 0 spiro atoms. The Hall–Kier alpha value is -0.260. The predicted molar refractivity (Wildman–Crippen MR) is 71.9 cm³/mol. The lowest BCUT2D eigenvalue weighted by atomic mass is 10.3. The van der Waals surface area contributed by atoms with Gasteiger partial charge in [0.1, 0.15) is 9.84 Å². The third-order valence-electron chi connectivity index (χ3n) is 1.89. The molecule has 0 saturated carbocycles. The van der Waals surface area contributed by atoms with Crippen molar-refractivity contribution in [2.75, 3.05) is 17.3 Å². The van der Waals surface area contributed by atoms with E-state index in [4.69, 9.17) is 11.6 Å². The molecule has 0 heterocycles. The first-order valence-electron chi connectivity index (χ1n) is 4.67. The SMILES string of the molecule is CC(CS(C)(=O)=O)Nc1ccc(Br)cc1Cl. The van der Waals surface area contributed by atoms with E-state index in [0.29, 0.717) is 5.02 Å². The lowest BCUT2D eigenvalue weighted by Gasteiger charge is -2.15. The monoisotopic (exact) mass is 325 g/mol. The molecule has 0 fully saturated rings. The fraction of sp³-hybridized carbons (Fsp3) is 0.400. The highest BCUT2D eigenvalue weighted by Crippen LogP contribution is 2.26. The smallest absolute Gasteiger partial charge is 0.149 e. The molecular weight excluding hydrogens is 314 g/mol. The maximum atomic E-state index is 11.1. The summed E-state index contributed by atoms with van der Waals surface area (Å²) in [5, 5.41) is 3.63. The second-order valence-corrected chi connectivity index (χ2v) is 7.27. The fourth-order valence-corrected chi connectivity index (χ4v) is 3.09. The molecule has 16 heavy (non-hydrogen) atoms. The topological polar surface area (TPSA) is 46.2 Å². The van der Waals surface area contributed by atoms with E-state index >= 15 is 0 Å². The Bertz CT molecular complexity index is 476. The predicted octanol–water partition coefficient (Wildman–Crippen LogP) is 2.95. The Labute approximate surface area is 109 Å². The van der Waals surface area contributed by atoms with E-state index in [2.05, 4.69) is 21.2 Å². The summed E-state index contributed by atoms with van der Waals surface area (Å²) < 4.78 is 23.1. The van der Waals surface area contributed by atoms with Gasteiger partial charge in [-0.25, -0.2) is 8.42 Å². The number of nitrogens with one attached hydrogen (secondary N) is 1. The van der Waals surface area contributed by atoms with Crippen LogP contribution in [0.1, 0.15) is 6.92 Å². The van der Waals surface area contributed by atoms with Crippen molar-refractivity contribution in [1.29, 1.82) is 0 Å². The summed E-state index contributed by atoms with van der Waals surface area (Å²) in [4.78, 5) is 0. The van der Waals surface area contributed by atoms with Gasteiger partial charge in [0.25, 0.3) is 0 Å². The Morgan fingerprint density at radius 3 is 2.62 bits per heavy atom. The molecule has 1 aromatic carbocycles. The van der Waals surface area contributed by atoms with Gasteiger partial charge in [0.05, 0.1) is 16.5 Å². The molecule has 0 aliphatic rings. The first-order valence-corrected chi connectivity index (χ1v) is 7.90. The van der Waals surface area contributed by atoms with Gasteiger partial charge < -0.3 is 5.32 Å². The van der Waals surface area contributed by atoms with E-state index < -0.39 is 9.84 Å². The summed E-state index contributed by atoms with van der Waals surface area (Å²) in [5.41, 5.74) is 0.737. The molecule has 1 unspecified atom stereocenters. The number of hydrogen-bond donors (Lipinski definition) is 1. The number of halogens is 2. The zero-order chi connectivity index (χ0) is 12.3.